The highest BCUT2D eigenvalue weighted by Gasteiger charge is 2.39. The third-order valence-electron chi connectivity index (χ3n) is 13.7. The summed E-state index contributed by atoms with van der Waals surface area (Å²) < 4.78 is 36.8. The monoisotopic (exact) mass is 945 g/mol. The Morgan fingerprint density at radius 1 is 0.574 bits per heavy atom. The van der Waals surface area contributed by atoms with Crippen molar-refractivity contribution < 1.29 is 61.9 Å². The summed E-state index contributed by atoms with van der Waals surface area (Å²) in [6.45, 7) is 12.5. The number of methoxy groups -OCH3 is 2. The van der Waals surface area contributed by atoms with Gasteiger partial charge in [-0.25, -0.2) is 28.8 Å². The Kier molecular flexibility index (Phi) is 22.8. The van der Waals surface area contributed by atoms with Crippen LogP contribution in [0.5, 0.6) is 5.75 Å². The highest BCUT2D eigenvalue weighted by Crippen LogP contribution is 2.42. The number of aryl methyl sites for hydroxylation is 2. The first kappa shape index (κ1) is 55.1. The lowest BCUT2D eigenvalue weighted by Crippen LogP contribution is -2.45. The summed E-state index contributed by atoms with van der Waals surface area (Å²) in [5.74, 6) is -3.01. The van der Waals surface area contributed by atoms with E-state index in [2.05, 4.69) is 54.7 Å². The highest BCUT2D eigenvalue weighted by molar-refractivity contribution is 6.30. The molecule has 2 saturated carbocycles. The fourth-order valence-corrected chi connectivity index (χ4v) is 9.37. The third kappa shape index (κ3) is 17.3. The number of carbonyl (C=O) groups is 6. The minimum absolute atomic E-state index is 0.0564. The molecule has 2 aliphatic rings. The second-order valence-corrected chi connectivity index (χ2v) is 19.1. The Hall–Kier alpha value is -5.46. The molecule has 13 nitrogen and oxygen atoms in total. The minimum Gasteiger partial charge on any atom is -0.492 e. The lowest BCUT2D eigenvalue weighted by Gasteiger charge is -2.32. The van der Waals surface area contributed by atoms with Crippen molar-refractivity contribution in [2.75, 3.05) is 47.3 Å². The molecule has 0 saturated heterocycles. The molecule has 2 aromatic rings. The van der Waals surface area contributed by atoms with Gasteiger partial charge in [0, 0.05) is 11.1 Å². The molecule has 13 heteroatoms. The molecule has 0 unspecified atom stereocenters. The molecule has 0 aliphatic heterocycles. The number of ether oxygens (including phenoxy) is 7. The number of hydrogen-bond acceptors (Lipinski definition) is 13. The van der Waals surface area contributed by atoms with Gasteiger partial charge in [0.25, 0.3) is 0 Å². The zero-order valence-corrected chi connectivity index (χ0v) is 41.6. The predicted octanol–water partition coefficient (Wildman–Crippen LogP) is 10.3. The Morgan fingerprint density at radius 2 is 1.10 bits per heavy atom. The van der Waals surface area contributed by atoms with Crippen LogP contribution in [0.1, 0.15) is 147 Å². The fraction of sp³-hybridized carbons (Fsp3) is 0.600. The number of carbonyl (C=O) groups excluding carboxylic acids is 6. The standard InChI is InChI=1S/C55H76O13/c1-9-11-12-14-39-16-18-40(19-17-39)20-21-41-22-24-43(25-23-41)44-26-28-47(42(10-2)31-44)45-27-29-48(46(32-45)15-13-30-64-49(56)37(3)4)65-33-55(34-66-50(57)38(5)6,35-67-53(60)51(58)62-7)36-68-54(61)52(59)63-8/h26-29,31-32,39-41,43H,3,5,9-25,30,33-36H2,1-2,4,6-8H3. The first-order chi connectivity index (χ1) is 32.6. The van der Waals surface area contributed by atoms with Crippen LogP contribution in [-0.4, -0.2) is 83.1 Å². The molecule has 0 N–H and O–H groups in total. The highest BCUT2D eigenvalue weighted by atomic mass is 16.6. The van der Waals surface area contributed by atoms with E-state index in [0.717, 1.165) is 55.1 Å². The van der Waals surface area contributed by atoms with E-state index in [-0.39, 0.29) is 17.8 Å². The Morgan fingerprint density at radius 3 is 1.63 bits per heavy atom. The molecule has 2 fully saturated rings. The van der Waals surface area contributed by atoms with Gasteiger partial charge in [-0.2, -0.15) is 0 Å². The maximum atomic E-state index is 12.6. The van der Waals surface area contributed by atoms with Crippen molar-refractivity contribution in [3.05, 3.63) is 77.4 Å². The van der Waals surface area contributed by atoms with Crippen molar-refractivity contribution in [3.63, 3.8) is 0 Å². The Balaban J connectivity index is 1.54. The quantitative estimate of drug-likeness (QED) is 0.0304. The van der Waals surface area contributed by atoms with Crippen LogP contribution in [0.3, 0.4) is 0 Å². The van der Waals surface area contributed by atoms with Gasteiger partial charge in [-0.05, 0) is 122 Å². The van der Waals surface area contributed by atoms with Crippen LogP contribution < -0.4 is 4.74 Å². The predicted molar refractivity (Wildman–Crippen MR) is 259 cm³/mol. The lowest BCUT2D eigenvalue weighted by atomic mass is 9.73. The van der Waals surface area contributed by atoms with Crippen molar-refractivity contribution in [2.45, 2.75) is 143 Å². The van der Waals surface area contributed by atoms with Crippen LogP contribution in [0.25, 0.3) is 11.1 Å². The van der Waals surface area contributed by atoms with E-state index in [1.165, 1.54) is 108 Å². The van der Waals surface area contributed by atoms with Gasteiger partial charge in [0.2, 0.25) is 0 Å². The largest absolute Gasteiger partial charge is 0.492 e. The maximum Gasteiger partial charge on any atom is 0.417 e. The number of rotatable bonds is 25. The van der Waals surface area contributed by atoms with E-state index in [1.54, 1.807) is 13.0 Å². The second kappa shape index (κ2) is 28.1. The molecule has 68 heavy (non-hydrogen) atoms. The second-order valence-electron chi connectivity index (χ2n) is 19.1. The van der Waals surface area contributed by atoms with Crippen LogP contribution in [-0.2, 0) is 70.0 Å². The SMILES string of the molecule is C=C(C)C(=O)OCCCc1cc(-c2ccc(C3CCC(CCC4CCC(CCCCC)CC4)CC3)cc2CC)ccc1OCC(COC(=O)C(=C)C)(COC(=O)C(=O)OC)COC(=O)C(=O)OC. The van der Waals surface area contributed by atoms with E-state index < -0.39 is 67.7 Å². The van der Waals surface area contributed by atoms with Crippen molar-refractivity contribution >= 4 is 35.8 Å². The maximum absolute atomic E-state index is 12.6. The molecule has 2 aromatic carbocycles. The molecular weight excluding hydrogens is 869 g/mol. The van der Waals surface area contributed by atoms with Crippen LogP contribution >= 0.6 is 0 Å². The summed E-state index contributed by atoms with van der Waals surface area (Å²) in [5.41, 5.74) is 4.06. The van der Waals surface area contributed by atoms with Crippen LogP contribution in [0.4, 0.5) is 0 Å². The molecule has 0 atom stereocenters. The molecule has 0 radical (unpaired) electrons. The van der Waals surface area contributed by atoms with Crippen molar-refractivity contribution in [1.82, 2.24) is 0 Å². The number of esters is 6. The number of hydrogen-bond donors (Lipinski definition) is 0. The van der Waals surface area contributed by atoms with Gasteiger partial charge in [0.05, 0.1) is 20.8 Å². The van der Waals surface area contributed by atoms with Crippen molar-refractivity contribution in [2.24, 2.45) is 23.2 Å². The van der Waals surface area contributed by atoms with E-state index in [1.807, 2.05) is 12.1 Å². The van der Waals surface area contributed by atoms with Gasteiger partial charge in [0.1, 0.15) is 37.6 Å². The summed E-state index contributed by atoms with van der Waals surface area (Å²) in [4.78, 5) is 73.8. The average molecular weight is 945 g/mol. The first-order valence-corrected chi connectivity index (χ1v) is 24.7. The molecule has 2 aliphatic carbocycles. The van der Waals surface area contributed by atoms with Crippen LogP contribution in [0.15, 0.2) is 60.7 Å². The summed E-state index contributed by atoms with van der Waals surface area (Å²) in [7, 11) is 2.00. The molecule has 374 valence electrons. The summed E-state index contributed by atoms with van der Waals surface area (Å²) in [6.07, 6.45) is 20.6. The summed E-state index contributed by atoms with van der Waals surface area (Å²) in [5, 5.41) is 0. The summed E-state index contributed by atoms with van der Waals surface area (Å²) in [6, 6.07) is 12.6. The molecule has 0 aromatic heterocycles. The van der Waals surface area contributed by atoms with E-state index in [4.69, 9.17) is 23.7 Å². The van der Waals surface area contributed by atoms with Gasteiger partial charge in [-0.3, -0.25) is 0 Å². The molecule has 0 spiro atoms. The van der Waals surface area contributed by atoms with Gasteiger partial charge < -0.3 is 33.2 Å². The van der Waals surface area contributed by atoms with E-state index in [0.29, 0.717) is 24.5 Å². The van der Waals surface area contributed by atoms with Crippen LogP contribution in [0.2, 0.25) is 0 Å². The topological polar surface area (TPSA) is 167 Å². The first-order valence-electron chi connectivity index (χ1n) is 24.7. The zero-order valence-electron chi connectivity index (χ0n) is 41.6. The molecule has 0 heterocycles. The zero-order chi connectivity index (χ0) is 49.6. The lowest BCUT2D eigenvalue weighted by molar-refractivity contribution is -0.177. The van der Waals surface area contributed by atoms with Crippen molar-refractivity contribution in [1.29, 1.82) is 0 Å². The van der Waals surface area contributed by atoms with Crippen molar-refractivity contribution in [3.8, 4) is 16.9 Å². The Bertz CT molecular complexity index is 2000. The minimum atomic E-state index is -1.66. The van der Waals surface area contributed by atoms with E-state index in [9.17, 15) is 28.8 Å². The third-order valence-corrected chi connectivity index (χ3v) is 13.7. The average Bonchev–Trinajstić information content (AvgIpc) is 3.36. The Labute approximate surface area is 404 Å². The molecule has 4 rings (SSSR count). The van der Waals surface area contributed by atoms with Gasteiger partial charge >= 0.3 is 35.8 Å². The number of unbranched alkanes of at least 4 members (excludes halogenated alkanes) is 2. The summed E-state index contributed by atoms with van der Waals surface area (Å²) >= 11 is 0. The van der Waals surface area contributed by atoms with Crippen LogP contribution in [0, 0.1) is 23.2 Å². The van der Waals surface area contributed by atoms with Gasteiger partial charge in [-0.1, -0.05) is 115 Å². The molecule has 0 bridgehead atoms. The normalized spacial score (nSPS) is 18.1. The molecule has 0 amide bonds. The molecular formula is C55H76O13. The van der Waals surface area contributed by atoms with Gasteiger partial charge in [-0.15, -0.1) is 0 Å². The number of benzene rings is 2. The fourth-order valence-electron chi connectivity index (χ4n) is 9.37. The van der Waals surface area contributed by atoms with Gasteiger partial charge in [0.15, 0.2) is 0 Å². The van der Waals surface area contributed by atoms with E-state index >= 15 is 0 Å². The smallest absolute Gasteiger partial charge is 0.417 e.